The Morgan fingerprint density at radius 3 is 2.48 bits per heavy atom. The molecule has 0 atom stereocenters. The van der Waals surface area contributed by atoms with Crippen molar-refractivity contribution in [1.29, 1.82) is 0 Å². The number of piperazine rings is 1. The Bertz CT molecular complexity index is 1090. The van der Waals surface area contributed by atoms with Gasteiger partial charge >= 0.3 is 0 Å². The van der Waals surface area contributed by atoms with Crippen molar-refractivity contribution in [3.05, 3.63) is 64.7 Å². The molecule has 0 radical (unpaired) electrons. The monoisotopic (exact) mass is 413 g/mol. The Balaban J connectivity index is 1.37. The molecule has 2 aromatic carbocycles. The van der Waals surface area contributed by atoms with Crippen molar-refractivity contribution in [2.24, 2.45) is 0 Å². The van der Waals surface area contributed by atoms with Gasteiger partial charge in [-0.2, -0.15) is 0 Å². The Morgan fingerprint density at radius 2 is 1.76 bits per heavy atom. The number of nitrogens with two attached hydrogens (primary N) is 1. The third kappa shape index (κ3) is 4.04. The average molecular weight is 413 g/mol. The minimum Gasteiger partial charge on any atom is -0.368 e. The smallest absolute Gasteiger partial charge is 0.280 e. The summed E-state index contributed by atoms with van der Waals surface area (Å²) in [5, 5.41) is 0.759. The molecule has 1 aromatic heterocycles. The molecule has 29 heavy (non-hydrogen) atoms. The van der Waals surface area contributed by atoms with Crippen LogP contribution in [0.2, 0.25) is 0 Å². The molecule has 1 aliphatic heterocycles. The highest BCUT2D eigenvalue weighted by atomic mass is 32.2. The highest BCUT2D eigenvalue weighted by molar-refractivity contribution is 7.99. The van der Waals surface area contributed by atoms with Crippen molar-refractivity contribution >= 4 is 34.3 Å². The molecule has 0 unspecified atom stereocenters. The molecule has 4 rings (SSSR count). The van der Waals surface area contributed by atoms with Crippen LogP contribution in [0.3, 0.4) is 0 Å². The summed E-state index contributed by atoms with van der Waals surface area (Å²) in [7, 11) is 0. The van der Waals surface area contributed by atoms with Gasteiger partial charge in [-0.3, -0.25) is 9.59 Å². The molecule has 9 heteroatoms. The van der Waals surface area contributed by atoms with Crippen LogP contribution in [0.25, 0.3) is 10.9 Å². The van der Waals surface area contributed by atoms with Gasteiger partial charge in [0.05, 0.1) is 16.7 Å². The van der Waals surface area contributed by atoms with Crippen LogP contribution in [-0.2, 0) is 4.79 Å². The van der Waals surface area contributed by atoms with Crippen LogP contribution in [0.15, 0.2) is 58.5 Å². The van der Waals surface area contributed by atoms with Crippen molar-refractivity contribution in [1.82, 2.24) is 14.6 Å². The predicted octanol–water partition coefficient (Wildman–Crippen LogP) is 1.69. The van der Waals surface area contributed by atoms with Crippen LogP contribution in [0.5, 0.6) is 0 Å². The van der Waals surface area contributed by atoms with E-state index in [1.54, 1.807) is 41.3 Å². The lowest BCUT2D eigenvalue weighted by atomic mass is 10.2. The van der Waals surface area contributed by atoms with Crippen LogP contribution in [0.1, 0.15) is 0 Å². The topological polar surface area (TPSA) is 84.5 Å². The van der Waals surface area contributed by atoms with Gasteiger partial charge in [0, 0.05) is 31.9 Å². The second-order valence-corrected chi connectivity index (χ2v) is 7.66. The van der Waals surface area contributed by atoms with Crippen molar-refractivity contribution in [3.63, 3.8) is 0 Å². The molecule has 1 amide bonds. The van der Waals surface area contributed by atoms with E-state index in [1.807, 2.05) is 0 Å². The summed E-state index contributed by atoms with van der Waals surface area (Å²) in [6, 6.07) is 13.3. The SMILES string of the molecule is Nn1c(SCC(=O)N2CCN(c3ccc(F)cc3)CC2)nc2ccccc2c1=O. The van der Waals surface area contributed by atoms with Gasteiger partial charge in [0.2, 0.25) is 5.91 Å². The number of aromatic nitrogens is 2. The molecular formula is C20H20FN5O2S. The summed E-state index contributed by atoms with van der Waals surface area (Å²) in [5.74, 6) is 5.73. The molecule has 1 saturated heterocycles. The molecule has 0 spiro atoms. The third-order valence-corrected chi connectivity index (χ3v) is 5.86. The van der Waals surface area contributed by atoms with E-state index >= 15 is 0 Å². The number of amides is 1. The highest BCUT2D eigenvalue weighted by Crippen LogP contribution is 2.19. The van der Waals surface area contributed by atoms with Gasteiger partial charge in [-0.25, -0.2) is 14.1 Å². The average Bonchev–Trinajstić information content (AvgIpc) is 2.76. The zero-order valence-corrected chi connectivity index (χ0v) is 16.4. The third-order valence-electron chi connectivity index (χ3n) is 4.92. The van der Waals surface area contributed by atoms with E-state index in [0.29, 0.717) is 42.2 Å². The van der Waals surface area contributed by atoms with Gasteiger partial charge in [-0.05, 0) is 36.4 Å². The lowest BCUT2D eigenvalue weighted by Gasteiger charge is -2.36. The number of halogens is 1. The Morgan fingerprint density at radius 1 is 1.07 bits per heavy atom. The zero-order chi connectivity index (χ0) is 20.4. The number of anilines is 1. The molecule has 0 aliphatic carbocycles. The second kappa shape index (κ2) is 8.12. The number of rotatable bonds is 4. The zero-order valence-electron chi connectivity index (χ0n) is 15.6. The lowest BCUT2D eigenvalue weighted by molar-refractivity contribution is -0.128. The van der Waals surface area contributed by atoms with Crippen LogP contribution in [0, 0.1) is 5.82 Å². The summed E-state index contributed by atoms with van der Waals surface area (Å²) in [5.41, 5.74) is 1.17. The van der Waals surface area contributed by atoms with Crippen molar-refractivity contribution < 1.29 is 9.18 Å². The molecule has 2 heterocycles. The summed E-state index contributed by atoms with van der Waals surface area (Å²) >= 11 is 1.16. The second-order valence-electron chi connectivity index (χ2n) is 6.72. The van der Waals surface area contributed by atoms with E-state index in [1.165, 1.54) is 12.1 Å². The van der Waals surface area contributed by atoms with Gasteiger partial charge in [0.15, 0.2) is 5.16 Å². The first-order valence-electron chi connectivity index (χ1n) is 9.21. The fourth-order valence-electron chi connectivity index (χ4n) is 3.31. The number of hydrogen-bond donors (Lipinski definition) is 1. The van der Waals surface area contributed by atoms with Crippen molar-refractivity contribution in [2.75, 3.05) is 42.7 Å². The van der Waals surface area contributed by atoms with E-state index in [-0.39, 0.29) is 23.0 Å². The number of thioether (sulfide) groups is 1. The number of carbonyl (C=O) groups is 1. The van der Waals surface area contributed by atoms with E-state index in [9.17, 15) is 14.0 Å². The Labute approximate surface area is 170 Å². The summed E-state index contributed by atoms with van der Waals surface area (Å²) in [4.78, 5) is 33.3. The Kier molecular flexibility index (Phi) is 5.39. The van der Waals surface area contributed by atoms with Gasteiger partial charge in [-0.15, -0.1) is 0 Å². The molecule has 0 bridgehead atoms. The quantitative estimate of drug-likeness (QED) is 0.398. The molecule has 7 nitrogen and oxygen atoms in total. The molecular weight excluding hydrogens is 393 g/mol. The van der Waals surface area contributed by atoms with Gasteiger partial charge in [0.1, 0.15) is 5.82 Å². The molecule has 1 aliphatic rings. The van der Waals surface area contributed by atoms with Gasteiger partial charge in [-0.1, -0.05) is 23.9 Å². The van der Waals surface area contributed by atoms with Crippen LogP contribution in [0.4, 0.5) is 10.1 Å². The number of carbonyl (C=O) groups excluding carboxylic acids is 1. The number of nitrogen functional groups attached to an aromatic ring is 1. The van der Waals surface area contributed by atoms with Gasteiger partial charge in [0.25, 0.3) is 5.56 Å². The first-order valence-corrected chi connectivity index (χ1v) is 10.2. The van der Waals surface area contributed by atoms with Crippen LogP contribution < -0.4 is 16.3 Å². The normalized spacial score (nSPS) is 14.4. The summed E-state index contributed by atoms with van der Waals surface area (Å²) in [6.07, 6.45) is 0. The van der Waals surface area contributed by atoms with Crippen LogP contribution >= 0.6 is 11.8 Å². The van der Waals surface area contributed by atoms with Gasteiger partial charge < -0.3 is 15.6 Å². The van der Waals surface area contributed by atoms with Crippen LogP contribution in [-0.4, -0.2) is 52.4 Å². The summed E-state index contributed by atoms with van der Waals surface area (Å²) < 4.78 is 14.1. The highest BCUT2D eigenvalue weighted by Gasteiger charge is 2.22. The number of fused-ring (bicyclic) bond motifs is 1. The largest absolute Gasteiger partial charge is 0.368 e. The molecule has 1 fully saturated rings. The number of nitrogens with zero attached hydrogens (tertiary/aromatic N) is 4. The van der Waals surface area contributed by atoms with E-state index in [0.717, 1.165) is 22.1 Å². The molecule has 3 aromatic rings. The number of benzene rings is 2. The maximum atomic E-state index is 13.1. The van der Waals surface area contributed by atoms with E-state index in [2.05, 4.69) is 9.88 Å². The minimum atomic E-state index is -0.335. The number of hydrogen-bond acceptors (Lipinski definition) is 6. The van der Waals surface area contributed by atoms with E-state index in [4.69, 9.17) is 5.84 Å². The maximum absolute atomic E-state index is 13.1. The van der Waals surface area contributed by atoms with Crippen molar-refractivity contribution in [3.8, 4) is 0 Å². The number of para-hydroxylation sites is 1. The Hall–Kier alpha value is -3.07. The predicted molar refractivity (Wildman–Crippen MR) is 112 cm³/mol. The first-order chi connectivity index (χ1) is 14.0. The fraction of sp³-hybridized carbons (Fsp3) is 0.250. The van der Waals surface area contributed by atoms with Crippen molar-refractivity contribution in [2.45, 2.75) is 5.16 Å². The standard InChI is InChI=1S/C20H20FN5O2S/c21-14-5-7-15(8-6-14)24-9-11-25(12-10-24)18(27)13-29-20-23-17-4-2-1-3-16(17)19(28)26(20)22/h1-8H,9-13,22H2. The minimum absolute atomic E-state index is 0.0313. The maximum Gasteiger partial charge on any atom is 0.280 e. The lowest BCUT2D eigenvalue weighted by Crippen LogP contribution is -2.49. The summed E-state index contributed by atoms with van der Waals surface area (Å²) in [6.45, 7) is 2.52. The van der Waals surface area contributed by atoms with E-state index < -0.39 is 0 Å². The molecule has 150 valence electrons. The molecule has 0 saturated carbocycles. The molecule has 2 N–H and O–H groups in total. The first kappa shape index (κ1) is 19.3. The fourth-order valence-corrected chi connectivity index (χ4v) is 4.13.